The molecule has 4 heteroatoms. The SMILES string of the molecule is COc1ccc(CNC(=O)C(C)(C)C)cc1N. The predicted molar refractivity (Wildman–Crippen MR) is 68.7 cm³/mol. The van der Waals surface area contributed by atoms with Gasteiger partial charge in [-0.15, -0.1) is 0 Å². The summed E-state index contributed by atoms with van der Waals surface area (Å²) < 4.78 is 5.07. The van der Waals surface area contributed by atoms with Crippen LogP contribution in [-0.4, -0.2) is 13.0 Å². The maximum atomic E-state index is 11.7. The molecule has 1 aromatic rings. The number of benzene rings is 1. The topological polar surface area (TPSA) is 64.3 Å². The van der Waals surface area contributed by atoms with Crippen molar-refractivity contribution >= 4 is 11.6 Å². The number of nitrogen functional groups attached to an aromatic ring is 1. The molecule has 0 aliphatic heterocycles. The van der Waals surface area contributed by atoms with Crippen LogP contribution in [0.4, 0.5) is 5.69 Å². The first-order chi connectivity index (χ1) is 7.84. The predicted octanol–water partition coefficient (Wildman–Crippen LogP) is 1.94. The van der Waals surface area contributed by atoms with Crippen LogP contribution in [0.2, 0.25) is 0 Å². The molecule has 4 nitrogen and oxygen atoms in total. The van der Waals surface area contributed by atoms with Crippen LogP contribution >= 0.6 is 0 Å². The van der Waals surface area contributed by atoms with Gasteiger partial charge >= 0.3 is 0 Å². The highest BCUT2D eigenvalue weighted by molar-refractivity contribution is 5.81. The van der Waals surface area contributed by atoms with Crippen LogP contribution in [0, 0.1) is 5.41 Å². The number of hydrogen-bond donors (Lipinski definition) is 2. The van der Waals surface area contributed by atoms with E-state index in [2.05, 4.69) is 5.32 Å². The van der Waals surface area contributed by atoms with E-state index in [0.717, 1.165) is 5.56 Å². The molecule has 1 amide bonds. The first-order valence-corrected chi connectivity index (χ1v) is 5.55. The van der Waals surface area contributed by atoms with Crippen LogP contribution in [0.3, 0.4) is 0 Å². The molecule has 0 aromatic heterocycles. The highest BCUT2D eigenvalue weighted by Crippen LogP contribution is 2.22. The number of hydrogen-bond acceptors (Lipinski definition) is 3. The zero-order valence-electron chi connectivity index (χ0n) is 10.8. The fraction of sp³-hybridized carbons (Fsp3) is 0.462. The van der Waals surface area contributed by atoms with Gasteiger partial charge in [0.05, 0.1) is 12.8 Å². The van der Waals surface area contributed by atoms with Gasteiger partial charge in [0.2, 0.25) is 5.91 Å². The summed E-state index contributed by atoms with van der Waals surface area (Å²) in [5, 5.41) is 2.87. The molecule has 0 spiro atoms. The number of amides is 1. The summed E-state index contributed by atoms with van der Waals surface area (Å²) >= 11 is 0. The van der Waals surface area contributed by atoms with Gasteiger partial charge in [0.1, 0.15) is 5.75 Å². The van der Waals surface area contributed by atoms with E-state index in [4.69, 9.17) is 10.5 Å². The van der Waals surface area contributed by atoms with Crippen LogP contribution in [0.1, 0.15) is 26.3 Å². The van der Waals surface area contributed by atoms with Gasteiger partial charge in [0, 0.05) is 12.0 Å². The minimum atomic E-state index is -0.377. The molecule has 0 heterocycles. The average molecular weight is 236 g/mol. The van der Waals surface area contributed by atoms with Crippen molar-refractivity contribution in [1.29, 1.82) is 0 Å². The molecular weight excluding hydrogens is 216 g/mol. The first kappa shape index (κ1) is 13.4. The Morgan fingerprint density at radius 1 is 1.41 bits per heavy atom. The lowest BCUT2D eigenvalue weighted by Crippen LogP contribution is -2.34. The highest BCUT2D eigenvalue weighted by Gasteiger charge is 2.20. The number of ether oxygens (including phenoxy) is 1. The second-order valence-electron chi connectivity index (χ2n) is 5.01. The zero-order chi connectivity index (χ0) is 13.1. The highest BCUT2D eigenvalue weighted by atomic mass is 16.5. The van der Waals surface area contributed by atoms with Crippen molar-refractivity contribution < 1.29 is 9.53 Å². The van der Waals surface area contributed by atoms with Gasteiger partial charge in [-0.3, -0.25) is 4.79 Å². The van der Waals surface area contributed by atoms with E-state index in [1.807, 2.05) is 32.9 Å². The van der Waals surface area contributed by atoms with E-state index in [1.165, 1.54) is 0 Å². The molecule has 0 atom stereocenters. The van der Waals surface area contributed by atoms with Crippen LogP contribution in [0.5, 0.6) is 5.75 Å². The Bertz CT molecular complexity index is 408. The minimum Gasteiger partial charge on any atom is -0.495 e. The molecule has 17 heavy (non-hydrogen) atoms. The van der Waals surface area contributed by atoms with Gasteiger partial charge in [0.15, 0.2) is 0 Å². The number of carbonyl (C=O) groups excluding carboxylic acids is 1. The van der Waals surface area contributed by atoms with Gasteiger partial charge in [-0.2, -0.15) is 0 Å². The van der Waals surface area contributed by atoms with Crippen molar-refractivity contribution in [1.82, 2.24) is 5.32 Å². The van der Waals surface area contributed by atoms with Crippen LogP contribution in [0.25, 0.3) is 0 Å². The standard InChI is InChI=1S/C13H20N2O2/c1-13(2,3)12(16)15-8-9-5-6-11(17-4)10(14)7-9/h5-7H,8,14H2,1-4H3,(H,15,16). The van der Waals surface area contributed by atoms with Crippen LogP contribution < -0.4 is 15.8 Å². The Balaban J connectivity index is 2.65. The third-order valence-corrected chi connectivity index (χ3v) is 2.43. The van der Waals surface area contributed by atoms with Crippen molar-refractivity contribution in [3.05, 3.63) is 23.8 Å². The number of rotatable bonds is 3. The average Bonchev–Trinajstić information content (AvgIpc) is 2.24. The summed E-state index contributed by atoms with van der Waals surface area (Å²) in [7, 11) is 1.58. The molecule has 0 saturated carbocycles. The fourth-order valence-electron chi connectivity index (χ4n) is 1.34. The van der Waals surface area contributed by atoms with Crippen molar-refractivity contribution in [2.75, 3.05) is 12.8 Å². The van der Waals surface area contributed by atoms with E-state index in [1.54, 1.807) is 13.2 Å². The van der Waals surface area contributed by atoms with Gasteiger partial charge in [0.25, 0.3) is 0 Å². The Hall–Kier alpha value is -1.71. The van der Waals surface area contributed by atoms with Gasteiger partial charge in [-0.25, -0.2) is 0 Å². The van der Waals surface area contributed by atoms with Gasteiger partial charge in [-0.1, -0.05) is 26.8 Å². The van der Waals surface area contributed by atoms with Crippen LogP contribution in [-0.2, 0) is 11.3 Å². The third kappa shape index (κ3) is 3.66. The Morgan fingerprint density at radius 2 is 2.06 bits per heavy atom. The van der Waals surface area contributed by atoms with E-state index in [-0.39, 0.29) is 11.3 Å². The molecule has 3 N–H and O–H groups in total. The smallest absolute Gasteiger partial charge is 0.225 e. The minimum absolute atomic E-state index is 0.0203. The van der Waals surface area contributed by atoms with E-state index < -0.39 is 0 Å². The number of methoxy groups -OCH3 is 1. The van der Waals surface area contributed by atoms with Crippen molar-refractivity contribution in [2.45, 2.75) is 27.3 Å². The third-order valence-electron chi connectivity index (χ3n) is 2.43. The summed E-state index contributed by atoms with van der Waals surface area (Å²) in [6, 6.07) is 5.49. The molecule has 0 fully saturated rings. The summed E-state index contributed by atoms with van der Waals surface area (Å²) in [4.78, 5) is 11.7. The Morgan fingerprint density at radius 3 is 2.53 bits per heavy atom. The summed E-state index contributed by atoms with van der Waals surface area (Å²) in [6.45, 7) is 6.12. The second kappa shape index (κ2) is 5.08. The zero-order valence-corrected chi connectivity index (χ0v) is 10.8. The lowest BCUT2D eigenvalue weighted by Gasteiger charge is -2.17. The normalized spacial score (nSPS) is 11.1. The number of nitrogens with one attached hydrogen (secondary N) is 1. The maximum absolute atomic E-state index is 11.7. The first-order valence-electron chi connectivity index (χ1n) is 5.55. The monoisotopic (exact) mass is 236 g/mol. The molecule has 1 rings (SSSR count). The summed E-state index contributed by atoms with van der Waals surface area (Å²) in [6.07, 6.45) is 0. The lowest BCUT2D eigenvalue weighted by atomic mass is 9.95. The van der Waals surface area contributed by atoms with Crippen molar-refractivity contribution in [3.8, 4) is 5.75 Å². The molecule has 0 bridgehead atoms. The van der Waals surface area contributed by atoms with E-state index in [0.29, 0.717) is 18.0 Å². The molecular formula is C13H20N2O2. The van der Waals surface area contributed by atoms with Crippen LogP contribution in [0.15, 0.2) is 18.2 Å². The molecule has 1 aromatic carbocycles. The molecule has 0 aliphatic rings. The van der Waals surface area contributed by atoms with E-state index >= 15 is 0 Å². The summed E-state index contributed by atoms with van der Waals surface area (Å²) in [5.41, 5.74) is 6.95. The van der Waals surface area contributed by atoms with Gasteiger partial charge < -0.3 is 15.8 Å². The molecule has 0 aliphatic carbocycles. The van der Waals surface area contributed by atoms with Crippen molar-refractivity contribution in [3.63, 3.8) is 0 Å². The number of carbonyl (C=O) groups is 1. The Kier molecular flexibility index (Phi) is 3.99. The molecule has 0 radical (unpaired) electrons. The second-order valence-corrected chi connectivity index (χ2v) is 5.01. The number of nitrogens with two attached hydrogens (primary N) is 1. The lowest BCUT2D eigenvalue weighted by molar-refractivity contribution is -0.128. The Labute approximate surface area is 102 Å². The maximum Gasteiger partial charge on any atom is 0.225 e. The van der Waals surface area contributed by atoms with E-state index in [9.17, 15) is 4.79 Å². The molecule has 0 saturated heterocycles. The van der Waals surface area contributed by atoms with Crippen molar-refractivity contribution in [2.24, 2.45) is 5.41 Å². The molecule has 0 unspecified atom stereocenters. The number of anilines is 1. The summed E-state index contributed by atoms with van der Waals surface area (Å²) in [5.74, 6) is 0.669. The molecule has 94 valence electrons. The largest absolute Gasteiger partial charge is 0.495 e. The van der Waals surface area contributed by atoms with Gasteiger partial charge in [-0.05, 0) is 17.7 Å². The quantitative estimate of drug-likeness (QED) is 0.788. The fourth-order valence-corrected chi connectivity index (χ4v) is 1.34.